The Balaban J connectivity index is 1.83. The summed E-state index contributed by atoms with van der Waals surface area (Å²) in [6.45, 7) is 2.12. The van der Waals surface area contributed by atoms with Gasteiger partial charge in [0, 0.05) is 18.1 Å². The van der Waals surface area contributed by atoms with Crippen molar-refractivity contribution in [3.63, 3.8) is 0 Å². The molecule has 0 bridgehead atoms. The summed E-state index contributed by atoms with van der Waals surface area (Å²) >= 11 is 0. The van der Waals surface area contributed by atoms with Gasteiger partial charge in [0.2, 0.25) is 9.84 Å². The average Bonchev–Trinajstić information content (AvgIpc) is 2.74. The maximum Gasteiger partial charge on any atom is 0.258 e. The van der Waals surface area contributed by atoms with Crippen LogP contribution >= 0.6 is 0 Å². The molecule has 0 fully saturated rings. The molecule has 150 valence electrons. The molecule has 1 amide bonds. The molecule has 0 saturated heterocycles. The van der Waals surface area contributed by atoms with E-state index < -0.39 is 21.6 Å². The molecule has 0 atom stereocenters. The molecule has 0 radical (unpaired) electrons. The topological polar surface area (TPSA) is 76.1 Å². The van der Waals surface area contributed by atoms with Gasteiger partial charge in [-0.2, -0.15) is 0 Å². The molecule has 0 unspecified atom stereocenters. The van der Waals surface area contributed by atoms with Gasteiger partial charge in [-0.15, -0.1) is 0 Å². The minimum atomic E-state index is -3.89. The average molecular weight is 412 g/mol. The number of carbonyl (C=O) groups is 1. The zero-order chi connectivity index (χ0) is 20.9. The first-order valence-electron chi connectivity index (χ1n) is 9.27. The van der Waals surface area contributed by atoms with Crippen LogP contribution in [0.25, 0.3) is 0 Å². The second kappa shape index (κ2) is 8.96. The third-order valence-electron chi connectivity index (χ3n) is 4.48. The lowest BCUT2D eigenvalue weighted by atomic mass is 10.1. The van der Waals surface area contributed by atoms with Crippen molar-refractivity contribution >= 4 is 21.4 Å². The molecule has 5 nitrogen and oxygen atoms in total. The zero-order valence-corrected chi connectivity index (χ0v) is 16.7. The molecule has 29 heavy (non-hydrogen) atoms. The molecular weight excluding hydrogens is 391 g/mol. The Morgan fingerprint density at radius 2 is 1.69 bits per heavy atom. The number of benzene rings is 2. The monoisotopic (exact) mass is 412 g/mol. The van der Waals surface area contributed by atoms with E-state index in [0.29, 0.717) is 5.69 Å². The van der Waals surface area contributed by atoms with Crippen molar-refractivity contribution in [3.8, 4) is 0 Å². The van der Waals surface area contributed by atoms with Crippen LogP contribution in [0.15, 0.2) is 76.8 Å². The third-order valence-corrected chi connectivity index (χ3v) is 6.25. The molecule has 0 aliphatic heterocycles. The van der Waals surface area contributed by atoms with Crippen molar-refractivity contribution < 1.29 is 17.6 Å². The lowest BCUT2D eigenvalue weighted by Gasteiger charge is -2.10. The number of amides is 1. The van der Waals surface area contributed by atoms with Crippen molar-refractivity contribution in [1.82, 2.24) is 4.98 Å². The van der Waals surface area contributed by atoms with E-state index in [1.807, 2.05) is 12.1 Å². The maximum atomic E-state index is 14.3. The van der Waals surface area contributed by atoms with Crippen LogP contribution in [0.5, 0.6) is 0 Å². The van der Waals surface area contributed by atoms with Gasteiger partial charge in [-0.05, 0) is 60.9 Å². The fourth-order valence-electron chi connectivity index (χ4n) is 2.83. The van der Waals surface area contributed by atoms with E-state index in [2.05, 4.69) is 17.2 Å². The van der Waals surface area contributed by atoms with E-state index in [4.69, 9.17) is 0 Å². The highest BCUT2D eigenvalue weighted by Gasteiger charge is 2.21. The van der Waals surface area contributed by atoms with Crippen LogP contribution < -0.4 is 5.32 Å². The van der Waals surface area contributed by atoms with Crippen LogP contribution in [0.4, 0.5) is 10.1 Å². The van der Waals surface area contributed by atoms with E-state index in [9.17, 15) is 17.6 Å². The quantitative estimate of drug-likeness (QED) is 0.573. The SMILES string of the molecule is CCCCc1ccc(NC(=O)c2cc(S(=O)(=O)c3ccncc3)ccc2F)cc1. The lowest BCUT2D eigenvalue weighted by Crippen LogP contribution is -2.15. The van der Waals surface area contributed by atoms with Gasteiger partial charge in [0.15, 0.2) is 0 Å². The molecule has 0 aliphatic rings. The zero-order valence-electron chi connectivity index (χ0n) is 15.9. The number of hydrogen-bond donors (Lipinski definition) is 1. The van der Waals surface area contributed by atoms with Crippen LogP contribution in [-0.2, 0) is 16.3 Å². The highest BCUT2D eigenvalue weighted by molar-refractivity contribution is 7.91. The number of sulfone groups is 1. The Labute approximate surface area is 169 Å². The van der Waals surface area contributed by atoms with E-state index in [1.54, 1.807) is 12.1 Å². The predicted molar refractivity (Wildman–Crippen MR) is 109 cm³/mol. The first kappa shape index (κ1) is 20.7. The number of unbranched alkanes of at least 4 members (excludes halogenated alkanes) is 1. The number of hydrogen-bond acceptors (Lipinski definition) is 4. The lowest BCUT2D eigenvalue weighted by molar-refractivity contribution is 0.102. The van der Waals surface area contributed by atoms with Crippen LogP contribution in [0.1, 0.15) is 35.7 Å². The first-order chi connectivity index (χ1) is 13.9. The van der Waals surface area contributed by atoms with Crippen molar-refractivity contribution in [2.24, 2.45) is 0 Å². The normalized spacial score (nSPS) is 11.2. The summed E-state index contributed by atoms with van der Waals surface area (Å²) < 4.78 is 39.7. The minimum Gasteiger partial charge on any atom is -0.322 e. The summed E-state index contributed by atoms with van der Waals surface area (Å²) in [6, 6.07) is 13.2. The number of anilines is 1. The molecule has 2 aromatic carbocycles. The molecule has 7 heteroatoms. The largest absolute Gasteiger partial charge is 0.322 e. The van der Waals surface area contributed by atoms with Gasteiger partial charge >= 0.3 is 0 Å². The number of rotatable bonds is 7. The number of aromatic nitrogens is 1. The second-order valence-corrected chi connectivity index (χ2v) is 8.53. The Bertz CT molecular complexity index is 1100. The summed E-state index contributed by atoms with van der Waals surface area (Å²) in [5.41, 5.74) is 1.33. The smallest absolute Gasteiger partial charge is 0.258 e. The van der Waals surface area contributed by atoms with Crippen molar-refractivity contribution in [2.75, 3.05) is 5.32 Å². The molecule has 0 aliphatic carbocycles. The molecular formula is C22H21FN2O3S. The molecule has 0 spiro atoms. The Kier molecular flexibility index (Phi) is 6.39. The van der Waals surface area contributed by atoms with E-state index in [-0.39, 0.29) is 15.4 Å². The summed E-state index contributed by atoms with van der Waals surface area (Å²) in [4.78, 5) is 16.2. The van der Waals surface area contributed by atoms with Gasteiger partial charge in [0.25, 0.3) is 5.91 Å². The van der Waals surface area contributed by atoms with Gasteiger partial charge < -0.3 is 5.32 Å². The van der Waals surface area contributed by atoms with Gasteiger partial charge in [-0.1, -0.05) is 25.5 Å². The molecule has 3 aromatic rings. The molecule has 1 N–H and O–H groups in total. The van der Waals surface area contributed by atoms with Gasteiger partial charge in [0.05, 0.1) is 15.4 Å². The van der Waals surface area contributed by atoms with E-state index >= 15 is 0 Å². The number of nitrogens with one attached hydrogen (secondary N) is 1. The van der Waals surface area contributed by atoms with Crippen molar-refractivity contribution in [1.29, 1.82) is 0 Å². The van der Waals surface area contributed by atoms with Crippen LogP contribution in [0.2, 0.25) is 0 Å². The number of aryl methyl sites for hydroxylation is 1. The third kappa shape index (κ3) is 4.86. The predicted octanol–water partition coefficient (Wildman–Crippen LogP) is 4.65. The van der Waals surface area contributed by atoms with Crippen molar-refractivity contribution in [3.05, 3.63) is 83.9 Å². The summed E-state index contributed by atoms with van der Waals surface area (Å²) in [6.07, 6.45) is 5.84. The Hall–Kier alpha value is -3.06. The highest BCUT2D eigenvalue weighted by atomic mass is 32.2. The summed E-state index contributed by atoms with van der Waals surface area (Å²) in [5, 5.41) is 2.62. The van der Waals surface area contributed by atoms with E-state index in [0.717, 1.165) is 43.0 Å². The number of halogens is 1. The maximum absolute atomic E-state index is 14.3. The molecule has 1 aromatic heterocycles. The first-order valence-corrected chi connectivity index (χ1v) is 10.7. The van der Waals surface area contributed by atoms with Gasteiger partial charge in [-0.3, -0.25) is 9.78 Å². The molecule has 3 rings (SSSR count). The molecule has 0 saturated carbocycles. The fourth-order valence-corrected chi connectivity index (χ4v) is 4.11. The Morgan fingerprint density at radius 3 is 2.34 bits per heavy atom. The van der Waals surface area contributed by atoms with Gasteiger partial charge in [0.1, 0.15) is 5.82 Å². The standard InChI is InChI=1S/C22H21FN2O3S/c1-2-3-4-16-5-7-17(8-6-16)25-22(26)20-15-19(9-10-21(20)23)29(27,28)18-11-13-24-14-12-18/h5-15H,2-4H2,1H3,(H,25,26). The minimum absolute atomic E-state index is 0.0214. The Morgan fingerprint density at radius 1 is 1.00 bits per heavy atom. The van der Waals surface area contributed by atoms with Crippen LogP contribution in [-0.4, -0.2) is 19.3 Å². The number of pyridine rings is 1. The van der Waals surface area contributed by atoms with Crippen LogP contribution in [0, 0.1) is 5.82 Å². The number of carbonyl (C=O) groups excluding carboxylic acids is 1. The van der Waals surface area contributed by atoms with Gasteiger partial charge in [-0.25, -0.2) is 12.8 Å². The van der Waals surface area contributed by atoms with E-state index in [1.165, 1.54) is 24.5 Å². The highest BCUT2D eigenvalue weighted by Crippen LogP contribution is 2.23. The summed E-state index contributed by atoms with van der Waals surface area (Å²) in [7, 11) is -3.89. The van der Waals surface area contributed by atoms with Crippen LogP contribution in [0.3, 0.4) is 0 Å². The molecule has 1 heterocycles. The van der Waals surface area contributed by atoms with Crippen molar-refractivity contribution in [2.45, 2.75) is 36.0 Å². The fraction of sp³-hybridized carbons (Fsp3) is 0.182. The summed E-state index contributed by atoms with van der Waals surface area (Å²) in [5.74, 6) is -1.51. The number of nitrogens with zero attached hydrogens (tertiary/aromatic N) is 1. The second-order valence-electron chi connectivity index (χ2n) is 6.58.